The fourth-order valence-corrected chi connectivity index (χ4v) is 3.39. The van der Waals surface area contributed by atoms with Crippen molar-refractivity contribution in [3.63, 3.8) is 0 Å². The molecule has 1 aliphatic rings. The number of nitrogens with two attached hydrogens (primary N) is 1. The van der Waals surface area contributed by atoms with Gasteiger partial charge in [-0.05, 0) is 59.7 Å². The average molecular weight is 382 g/mol. The van der Waals surface area contributed by atoms with E-state index >= 15 is 0 Å². The SMILES string of the molecule is Nc1ccc(C2=NC(c3ccc(Cl)cc3)C(c3ccc(Cl)cc3)N2)cc1. The van der Waals surface area contributed by atoms with Crippen LogP contribution in [0.4, 0.5) is 5.69 Å². The zero-order chi connectivity index (χ0) is 18.1. The summed E-state index contributed by atoms with van der Waals surface area (Å²) in [6.07, 6.45) is 0. The maximum absolute atomic E-state index is 6.05. The molecule has 130 valence electrons. The summed E-state index contributed by atoms with van der Waals surface area (Å²) >= 11 is 12.1. The van der Waals surface area contributed by atoms with Crippen LogP contribution in [0.1, 0.15) is 28.8 Å². The molecule has 3 nitrogen and oxygen atoms in total. The molecule has 4 rings (SSSR count). The van der Waals surface area contributed by atoms with Crippen LogP contribution in [0, 0.1) is 0 Å². The lowest BCUT2D eigenvalue weighted by atomic mass is 9.95. The highest BCUT2D eigenvalue weighted by Crippen LogP contribution is 2.37. The Hall–Kier alpha value is -2.49. The Morgan fingerprint density at radius 3 is 1.85 bits per heavy atom. The van der Waals surface area contributed by atoms with E-state index < -0.39 is 0 Å². The van der Waals surface area contributed by atoms with E-state index in [1.54, 1.807) is 0 Å². The van der Waals surface area contributed by atoms with Crippen LogP contribution < -0.4 is 11.1 Å². The number of aliphatic imine (C=N–C) groups is 1. The Bertz CT molecular complexity index is 933. The number of nitrogens with zero attached hydrogens (tertiary/aromatic N) is 1. The summed E-state index contributed by atoms with van der Waals surface area (Å²) in [7, 11) is 0. The van der Waals surface area contributed by atoms with Gasteiger partial charge in [0.15, 0.2) is 0 Å². The molecule has 0 spiro atoms. The molecule has 26 heavy (non-hydrogen) atoms. The molecular formula is C21H17Cl2N3. The van der Waals surface area contributed by atoms with E-state index in [9.17, 15) is 0 Å². The van der Waals surface area contributed by atoms with Gasteiger partial charge in [-0.25, -0.2) is 0 Å². The second-order valence-electron chi connectivity index (χ2n) is 6.27. The van der Waals surface area contributed by atoms with E-state index in [-0.39, 0.29) is 12.1 Å². The van der Waals surface area contributed by atoms with Crippen molar-refractivity contribution in [3.8, 4) is 0 Å². The van der Waals surface area contributed by atoms with Crippen molar-refractivity contribution in [2.45, 2.75) is 12.1 Å². The lowest BCUT2D eigenvalue weighted by Crippen LogP contribution is -2.25. The number of nitrogens with one attached hydrogen (secondary N) is 1. The summed E-state index contributed by atoms with van der Waals surface area (Å²) < 4.78 is 0. The van der Waals surface area contributed by atoms with E-state index in [2.05, 4.69) is 5.32 Å². The van der Waals surface area contributed by atoms with Crippen LogP contribution in [0.5, 0.6) is 0 Å². The molecule has 0 saturated carbocycles. The highest BCUT2D eigenvalue weighted by molar-refractivity contribution is 6.30. The molecule has 0 aromatic heterocycles. The van der Waals surface area contributed by atoms with Crippen molar-refractivity contribution in [2.24, 2.45) is 4.99 Å². The monoisotopic (exact) mass is 381 g/mol. The lowest BCUT2D eigenvalue weighted by molar-refractivity contribution is 0.572. The van der Waals surface area contributed by atoms with Gasteiger partial charge in [0.2, 0.25) is 0 Å². The molecule has 5 heteroatoms. The highest BCUT2D eigenvalue weighted by Gasteiger charge is 2.31. The molecule has 0 radical (unpaired) electrons. The maximum atomic E-state index is 6.05. The highest BCUT2D eigenvalue weighted by atomic mass is 35.5. The minimum Gasteiger partial charge on any atom is -0.399 e. The van der Waals surface area contributed by atoms with Crippen molar-refractivity contribution in [1.29, 1.82) is 0 Å². The third-order valence-corrected chi connectivity index (χ3v) is 5.00. The van der Waals surface area contributed by atoms with Gasteiger partial charge in [-0.15, -0.1) is 0 Å². The van der Waals surface area contributed by atoms with Gasteiger partial charge in [0.25, 0.3) is 0 Å². The van der Waals surface area contributed by atoms with Crippen LogP contribution in [0.25, 0.3) is 0 Å². The number of hydrogen-bond donors (Lipinski definition) is 2. The van der Waals surface area contributed by atoms with Crippen LogP contribution in [0.15, 0.2) is 77.8 Å². The Balaban J connectivity index is 1.74. The van der Waals surface area contributed by atoms with E-state index in [0.29, 0.717) is 5.02 Å². The number of nitrogen functional groups attached to an aromatic ring is 1. The Morgan fingerprint density at radius 2 is 1.27 bits per heavy atom. The third kappa shape index (κ3) is 3.41. The van der Waals surface area contributed by atoms with E-state index in [1.807, 2.05) is 72.8 Å². The Morgan fingerprint density at radius 1 is 0.731 bits per heavy atom. The normalized spacial score (nSPS) is 19.1. The fraction of sp³-hybridized carbons (Fsp3) is 0.0952. The summed E-state index contributed by atoms with van der Waals surface area (Å²) in [6, 6.07) is 23.4. The summed E-state index contributed by atoms with van der Waals surface area (Å²) in [6.45, 7) is 0. The molecule has 2 atom stereocenters. The number of benzene rings is 3. The molecule has 0 saturated heterocycles. The quantitative estimate of drug-likeness (QED) is 0.596. The summed E-state index contributed by atoms with van der Waals surface area (Å²) in [5.41, 5.74) is 9.78. The van der Waals surface area contributed by atoms with Crippen molar-refractivity contribution in [3.05, 3.63) is 99.5 Å². The number of amidine groups is 1. The van der Waals surface area contributed by atoms with Gasteiger partial charge in [0, 0.05) is 21.3 Å². The van der Waals surface area contributed by atoms with Gasteiger partial charge in [0.1, 0.15) is 11.9 Å². The van der Waals surface area contributed by atoms with Gasteiger partial charge < -0.3 is 11.1 Å². The predicted octanol–water partition coefficient (Wildman–Crippen LogP) is 5.41. The Kier molecular flexibility index (Phi) is 4.58. The predicted molar refractivity (Wildman–Crippen MR) is 109 cm³/mol. The van der Waals surface area contributed by atoms with Gasteiger partial charge in [-0.1, -0.05) is 47.5 Å². The molecular weight excluding hydrogens is 365 g/mol. The molecule has 0 bridgehead atoms. The topological polar surface area (TPSA) is 50.4 Å². The summed E-state index contributed by atoms with van der Waals surface area (Å²) in [4.78, 5) is 4.96. The van der Waals surface area contributed by atoms with Crippen LogP contribution in [0.2, 0.25) is 10.0 Å². The summed E-state index contributed by atoms with van der Waals surface area (Å²) in [5.74, 6) is 0.852. The maximum Gasteiger partial charge on any atom is 0.129 e. The molecule has 0 aliphatic carbocycles. The fourth-order valence-electron chi connectivity index (χ4n) is 3.14. The number of rotatable bonds is 3. The first kappa shape index (κ1) is 17.0. The first-order valence-electron chi connectivity index (χ1n) is 8.31. The van der Waals surface area contributed by atoms with E-state index in [0.717, 1.165) is 33.2 Å². The standard InChI is InChI=1S/C21H17Cl2N3/c22-16-7-1-13(2-8-16)19-20(14-3-9-17(23)10-4-14)26-21(25-19)15-5-11-18(24)12-6-15/h1-12,19-20H,24H2,(H,25,26). The largest absolute Gasteiger partial charge is 0.399 e. The van der Waals surface area contributed by atoms with Crippen molar-refractivity contribution in [1.82, 2.24) is 5.32 Å². The molecule has 0 fully saturated rings. The molecule has 3 aromatic rings. The molecule has 0 amide bonds. The van der Waals surface area contributed by atoms with Gasteiger partial charge in [-0.3, -0.25) is 4.99 Å². The number of halogens is 2. The average Bonchev–Trinajstić information content (AvgIpc) is 3.09. The van der Waals surface area contributed by atoms with Crippen molar-refractivity contribution >= 4 is 34.7 Å². The van der Waals surface area contributed by atoms with E-state index in [4.69, 9.17) is 33.9 Å². The second-order valence-corrected chi connectivity index (χ2v) is 7.14. The van der Waals surface area contributed by atoms with Crippen molar-refractivity contribution in [2.75, 3.05) is 5.73 Å². The minimum atomic E-state index is -0.0546. The van der Waals surface area contributed by atoms with Crippen LogP contribution >= 0.6 is 23.2 Å². The summed E-state index contributed by atoms with van der Waals surface area (Å²) in [5, 5.41) is 4.99. The first-order valence-corrected chi connectivity index (χ1v) is 9.07. The molecule has 1 aliphatic heterocycles. The number of hydrogen-bond acceptors (Lipinski definition) is 3. The number of anilines is 1. The van der Waals surface area contributed by atoms with Gasteiger partial charge >= 0.3 is 0 Å². The smallest absolute Gasteiger partial charge is 0.129 e. The molecule has 1 heterocycles. The van der Waals surface area contributed by atoms with Gasteiger partial charge in [0.05, 0.1) is 6.04 Å². The van der Waals surface area contributed by atoms with Crippen molar-refractivity contribution < 1.29 is 0 Å². The molecule has 3 N–H and O–H groups in total. The van der Waals surface area contributed by atoms with Crippen LogP contribution in [-0.2, 0) is 0 Å². The first-order chi connectivity index (χ1) is 12.6. The van der Waals surface area contributed by atoms with Crippen LogP contribution in [0.3, 0.4) is 0 Å². The molecule has 3 aromatic carbocycles. The molecule has 2 unspecified atom stereocenters. The van der Waals surface area contributed by atoms with E-state index in [1.165, 1.54) is 0 Å². The zero-order valence-electron chi connectivity index (χ0n) is 13.9. The van der Waals surface area contributed by atoms with Gasteiger partial charge in [-0.2, -0.15) is 0 Å². The second kappa shape index (κ2) is 7.02. The third-order valence-electron chi connectivity index (χ3n) is 4.50. The van der Waals surface area contributed by atoms with Crippen LogP contribution in [-0.4, -0.2) is 5.84 Å². The lowest BCUT2D eigenvalue weighted by Gasteiger charge is -2.20. The zero-order valence-corrected chi connectivity index (χ0v) is 15.4. The Labute approximate surface area is 162 Å². The minimum absolute atomic E-state index is 0.0148.